The maximum atomic E-state index is 13.1. The quantitative estimate of drug-likeness (QED) is 0.0222. The van der Waals surface area contributed by atoms with Gasteiger partial charge in [-0.2, -0.15) is 0 Å². The van der Waals surface area contributed by atoms with Crippen LogP contribution < -0.4 is 0 Å². The molecule has 552 valence electrons. The number of hydrogen-bond acceptors (Lipinski definition) is 15. The summed E-state index contributed by atoms with van der Waals surface area (Å²) in [4.78, 5) is 72.7. The van der Waals surface area contributed by atoms with Crippen molar-refractivity contribution < 1.29 is 80.2 Å². The molecule has 0 heterocycles. The monoisotopic (exact) mass is 1370 g/mol. The summed E-state index contributed by atoms with van der Waals surface area (Å²) in [5, 5.41) is 10.6. The van der Waals surface area contributed by atoms with Gasteiger partial charge in [0, 0.05) is 25.7 Å². The van der Waals surface area contributed by atoms with Crippen molar-refractivity contribution >= 4 is 39.5 Å². The number of rotatable bonds is 72. The molecular weight excluding hydrogens is 1220 g/mol. The summed E-state index contributed by atoms with van der Waals surface area (Å²) in [6.45, 7) is 11.9. The summed E-state index contributed by atoms with van der Waals surface area (Å²) < 4.78 is 68.4. The molecule has 0 aromatic carbocycles. The molecule has 4 unspecified atom stereocenters. The molecule has 0 amide bonds. The first kappa shape index (κ1) is 91.1. The molecule has 7 atom stereocenters. The van der Waals surface area contributed by atoms with Crippen molar-refractivity contribution in [3.05, 3.63) is 0 Å². The molecule has 93 heavy (non-hydrogen) atoms. The normalized spacial score (nSPS) is 14.7. The number of esters is 4. The SMILES string of the molecule is CCCCCCCCCCCC(=O)OC[C@H](COP(=O)(O)OC[C@H](O)COP(=O)(O)OC[C@@H](COC(=O)CCCCCCCCCCCCC(C)CC)OC(=O)CCCCCCCCCCCCCCCC(C)C)OC(=O)CCCCCCCCCCCCC(C)CC. The Labute approximate surface area is 568 Å². The molecule has 0 fully saturated rings. The Morgan fingerprint density at radius 3 is 0.817 bits per heavy atom. The van der Waals surface area contributed by atoms with Gasteiger partial charge in [0.2, 0.25) is 0 Å². The van der Waals surface area contributed by atoms with Gasteiger partial charge in [0.1, 0.15) is 19.3 Å². The van der Waals surface area contributed by atoms with Gasteiger partial charge >= 0.3 is 39.5 Å². The second-order valence-electron chi connectivity index (χ2n) is 27.6. The number of ether oxygens (including phenoxy) is 4. The number of carbonyl (C=O) groups excluding carboxylic acids is 4. The molecule has 0 saturated heterocycles. The molecule has 0 aliphatic heterocycles. The second kappa shape index (κ2) is 64.7. The zero-order valence-corrected chi connectivity index (χ0v) is 62.5. The second-order valence-corrected chi connectivity index (χ2v) is 30.6. The molecule has 0 spiro atoms. The minimum absolute atomic E-state index is 0.106. The van der Waals surface area contributed by atoms with Crippen LogP contribution in [0.2, 0.25) is 0 Å². The van der Waals surface area contributed by atoms with E-state index < -0.39 is 97.5 Å². The summed E-state index contributed by atoms with van der Waals surface area (Å²) in [5.41, 5.74) is 0. The first-order valence-electron chi connectivity index (χ1n) is 38.4. The van der Waals surface area contributed by atoms with E-state index in [1.807, 2.05) is 0 Å². The van der Waals surface area contributed by atoms with Crippen molar-refractivity contribution in [1.82, 2.24) is 0 Å². The predicted molar refractivity (Wildman–Crippen MR) is 377 cm³/mol. The Balaban J connectivity index is 5.25. The average molecular weight is 1370 g/mol. The van der Waals surface area contributed by atoms with Gasteiger partial charge in [0.05, 0.1) is 26.4 Å². The van der Waals surface area contributed by atoms with Crippen LogP contribution in [0.15, 0.2) is 0 Å². The van der Waals surface area contributed by atoms with Crippen molar-refractivity contribution in [1.29, 1.82) is 0 Å². The first-order valence-corrected chi connectivity index (χ1v) is 41.4. The standard InChI is InChI=1S/C74H144O17P2/c1-8-11-12-13-14-24-34-41-48-55-71(76)84-61-69(91-74(79)58-51-44-37-30-23-21-27-33-40-47-54-67(7)10-3)63-88-92(80,81)86-59-68(75)60-87-93(82,83)89-64-70(62-85-72(77)56-49-42-35-28-22-20-26-32-39-46-53-66(6)9-2)90-73(78)57-50-43-36-29-19-17-15-16-18-25-31-38-45-52-65(4)5/h65-70,75H,8-64H2,1-7H3,(H,80,81)(H,82,83)/t66?,67?,68-,69+,70+/m0/s1. The number of aliphatic hydroxyl groups excluding tert-OH is 1. The van der Waals surface area contributed by atoms with Crippen LogP contribution in [-0.4, -0.2) is 96.7 Å². The molecular formula is C74H144O17P2. The third-order valence-electron chi connectivity index (χ3n) is 17.9. The van der Waals surface area contributed by atoms with Crippen LogP contribution in [0.4, 0.5) is 0 Å². The summed E-state index contributed by atoms with van der Waals surface area (Å²) in [7, 11) is -9.91. The number of carbonyl (C=O) groups is 4. The van der Waals surface area contributed by atoms with Gasteiger partial charge in [-0.1, -0.05) is 325 Å². The van der Waals surface area contributed by atoms with Crippen LogP contribution in [0.1, 0.15) is 376 Å². The van der Waals surface area contributed by atoms with Crippen LogP contribution in [0.5, 0.6) is 0 Å². The highest BCUT2D eigenvalue weighted by Crippen LogP contribution is 2.45. The van der Waals surface area contributed by atoms with Crippen molar-refractivity contribution in [3.63, 3.8) is 0 Å². The van der Waals surface area contributed by atoms with Gasteiger partial charge in [0.25, 0.3) is 0 Å². The van der Waals surface area contributed by atoms with Crippen molar-refractivity contribution in [2.75, 3.05) is 39.6 Å². The molecule has 0 radical (unpaired) electrons. The van der Waals surface area contributed by atoms with E-state index in [0.717, 1.165) is 108 Å². The minimum Gasteiger partial charge on any atom is -0.462 e. The topological polar surface area (TPSA) is 237 Å². The number of phosphoric acid groups is 2. The lowest BCUT2D eigenvalue weighted by Gasteiger charge is -2.21. The fraction of sp³-hybridized carbons (Fsp3) is 0.946. The fourth-order valence-electron chi connectivity index (χ4n) is 11.2. The maximum absolute atomic E-state index is 13.1. The largest absolute Gasteiger partial charge is 0.472 e. The lowest BCUT2D eigenvalue weighted by atomic mass is 9.99. The van der Waals surface area contributed by atoms with Crippen LogP contribution in [-0.2, 0) is 65.4 Å². The maximum Gasteiger partial charge on any atom is 0.472 e. The van der Waals surface area contributed by atoms with E-state index >= 15 is 0 Å². The number of unbranched alkanes of at least 4 members (excludes halogenated alkanes) is 38. The summed E-state index contributed by atoms with van der Waals surface area (Å²) in [6.07, 6.45) is 49.7. The molecule has 0 aliphatic carbocycles. The molecule has 0 rings (SSSR count). The molecule has 0 aliphatic rings. The number of phosphoric ester groups is 2. The lowest BCUT2D eigenvalue weighted by Crippen LogP contribution is -2.30. The van der Waals surface area contributed by atoms with Crippen LogP contribution in [0.3, 0.4) is 0 Å². The third-order valence-corrected chi connectivity index (χ3v) is 19.8. The highest BCUT2D eigenvalue weighted by atomic mass is 31.2. The molecule has 0 bridgehead atoms. The summed E-state index contributed by atoms with van der Waals surface area (Å²) in [5.74, 6) is 0.279. The summed E-state index contributed by atoms with van der Waals surface area (Å²) >= 11 is 0. The third kappa shape index (κ3) is 65.8. The molecule has 0 aromatic rings. The Morgan fingerprint density at radius 1 is 0.312 bits per heavy atom. The molecule has 17 nitrogen and oxygen atoms in total. The van der Waals surface area contributed by atoms with E-state index in [1.54, 1.807) is 0 Å². The smallest absolute Gasteiger partial charge is 0.462 e. The van der Waals surface area contributed by atoms with Gasteiger partial charge in [0.15, 0.2) is 12.2 Å². The molecule has 0 aromatic heterocycles. The van der Waals surface area contributed by atoms with E-state index in [0.29, 0.717) is 25.7 Å². The fourth-order valence-corrected chi connectivity index (χ4v) is 12.8. The van der Waals surface area contributed by atoms with E-state index in [1.165, 1.54) is 186 Å². The van der Waals surface area contributed by atoms with E-state index in [-0.39, 0.29) is 25.7 Å². The lowest BCUT2D eigenvalue weighted by molar-refractivity contribution is -0.161. The Bertz CT molecular complexity index is 1820. The Kier molecular flexibility index (Phi) is 63.4. The van der Waals surface area contributed by atoms with Gasteiger partial charge in [-0.25, -0.2) is 9.13 Å². The molecule has 19 heteroatoms. The van der Waals surface area contributed by atoms with Crippen LogP contribution in [0.25, 0.3) is 0 Å². The van der Waals surface area contributed by atoms with Gasteiger partial charge in [-0.15, -0.1) is 0 Å². The minimum atomic E-state index is -4.96. The highest BCUT2D eigenvalue weighted by Gasteiger charge is 2.30. The Hall–Kier alpha value is -1.94. The first-order chi connectivity index (χ1) is 44.8. The van der Waals surface area contributed by atoms with Gasteiger partial charge in [-0.05, 0) is 43.4 Å². The van der Waals surface area contributed by atoms with Crippen molar-refractivity contribution in [3.8, 4) is 0 Å². The van der Waals surface area contributed by atoms with Crippen molar-refractivity contribution in [2.45, 2.75) is 394 Å². The van der Waals surface area contributed by atoms with Gasteiger partial charge in [-0.3, -0.25) is 37.3 Å². The molecule has 0 saturated carbocycles. The average Bonchev–Trinajstić information content (AvgIpc) is 1.68. The van der Waals surface area contributed by atoms with E-state index in [9.17, 15) is 43.2 Å². The highest BCUT2D eigenvalue weighted by molar-refractivity contribution is 7.47. The van der Waals surface area contributed by atoms with E-state index in [4.69, 9.17) is 37.0 Å². The van der Waals surface area contributed by atoms with Gasteiger partial charge < -0.3 is 33.8 Å². The van der Waals surface area contributed by atoms with Crippen molar-refractivity contribution in [2.24, 2.45) is 17.8 Å². The summed E-state index contributed by atoms with van der Waals surface area (Å²) in [6, 6.07) is 0. The van der Waals surface area contributed by atoms with Crippen LogP contribution >= 0.6 is 15.6 Å². The Morgan fingerprint density at radius 2 is 0.548 bits per heavy atom. The van der Waals surface area contributed by atoms with Crippen LogP contribution in [0, 0.1) is 17.8 Å². The zero-order chi connectivity index (χ0) is 68.7. The predicted octanol–water partition coefficient (Wildman–Crippen LogP) is 21.4. The zero-order valence-electron chi connectivity index (χ0n) is 60.7. The van der Waals surface area contributed by atoms with E-state index in [2.05, 4.69) is 48.5 Å². The molecule has 3 N–H and O–H groups in total. The number of hydrogen-bond donors (Lipinski definition) is 3. The number of aliphatic hydroxyl groups is 1.